The number of benzene rings is 1. The van der Waals surface area contributed by atoms with Crippen LogP contribution in [0.15, 0.2) is 29.2 Å². The van der Waals surface area contributed by atoms with E-state index in [2.05, 4.69) is 10.0 Å². The molecule has 0 aromatic heterocycles. The Hall–Kier alpha value is -1.11. The van der Waals surface area contributed by atoms with Crippen LogP contribution in [0.5, 0.6) is 0 Å². The first kappa shape index (κ1) is 15.3. The molecule has 0 aliphatic heterocycles. The van der Waals surface area contributed by atoms with Crippen LogP contribution in [0.4, 0.5) is 5.69 Å². The lowest BCUT2D eigenvalue weighted by atomic mass is 10.2. The van der Waals surface area contributed by atoms with Crippen LogP contribution in [-0.4, -0.2) is 27.0 Å². The Balaban J connectivity index is 2.12. The predicted octanol–water partition coefficient (Wildman–Crippen LogP) is 1.52. The average molecular weight is 297 g/mol. The first-order valence-electron chi connectivity index (χ1n) is 7.01. The van der Waals surface area contributed by atoms with Crippen molar-refractivity contribution in [2.45, 2.75) is 43.7 Å². The van der Waals surface area contributed by atoms with Crippen molar-refractivity contribution in [1.82, 2.24) is 4.72 Å². The number of hydrogen-bond donors (Lipinski definition) is 3. The molecule has 0 saturated heterocycles. The second kappa shape index (κ2) is 6.11. The molecule has 112 valence electrons. The summed E-state index contributed by atoms with van der Waals surface area (Å²) in [4.78, 5) is 0.275. The monoisotopic (exact) mass is 297 g/mol. The van der Waals surface area contributed by atoms with E-state index in [1.54, 1.807) is 32.0 Å². The Morgan fingerprint density at radius 2 is 1.95 bits per heavy atom. The molecule has 5 nitrogen and oxygen atoms in total. The summed E-state index contributed by atoms with van der Waals surface area (Å²) in [6.07, 6.45) is 2.36. The summed E-state index contributed by atoms with van der Waals surface area (Å²) >= 11 is 0. The number of rotatable bonds is 7. The molecule has 0 radical (unpaired) electrons. The SMILES string of the molecule is CC(C)NS(=O)(=O)c1ccccc1NCC(N)C1CC1. The molecule has 6 heteroatoms. The van der Waals surface area contributed by atoms with Gasteiger partial charge in [0, 0.05) is 18.6 Å². The summed E-state index contributed by atoms with van der Waals surface area (Å²) in [6, 6.07) is 6.87. The van der Waals surface area contributed by atoms with Gasteiger partial charge in [-0.3, -0.25) is 0 Å². The van der Waals surface area contributed by atoms with Gasteiger partial charge in [0.05, 0.1) is 5.69 Å². The molecule has 20 heavy (non-hydrogen) atoms. The minimum atomic E-state index is -3.50. The first-order valence-corrected chi connectivity index (χ1v) is 8.49. The van der Waals surface area contributed by atoms with Gasteiger partial charge in [0.1, 0.15) is 4.90 Å². The molecule has 1 aliphatic carbocycles. The van der Waals surface area contributed by atoms with Crippen LogP contribution in [0.3, 0.4) is 0 Å². The van der Waals surface area contributed by atoms with Gasteiger partial charge in [-0.15, -0.1) is 0 Å². The largest absolute Gasteiger partial charge is 0.382 e. The summed E-state index contributed by atoms with van der Waals surface area (Å²) < 4.78 is 27.1. The standard InChI is InChI=1S/C14H23N3O2S/c1-10(2)17-20(18,19)14-6-4-3-5-13(14)16-9-12(15)11-7-8-11/h3-6,10-12,16-17H,7-9,15H2,1-2H3. The lowest BCUT2D eigenvalue weighted by Gasteiger charge is -2.17. The van der Waals surface area contributed by atoms with Crippen molar-refractivity contribution in [3.63, 3.8) is 0 Å². The molecule has 1 aliphatic rings. The fourth-order valence-corrected chi connectivity index (χ4v) is 3.57. The van der Waals surface area contributed by atoms with Crippen molar-refractivity contribution in [1.29, 1.82) is 0 Å². The van der Waals surface area contributed by atoms with Gasteiger partial charge in [0.25, 0.3) is 0 Å². The first-order chi connectivity index (χ1) is 9.40. The van der Waals surface area contributed by atoms with E-state index in [4.69, 9.17) is 5.73 Å². The third kappa shape index (κ3) is 3.94. The Labute approximate surface area is 121 Å². The Morgan fingerprint density at radius 3 is 2.55 bits per heavy atom. The van der Waals surface area contributed by atoms with E-state index in [9.17, 15) is 8.42 Å². The molecule has 1 fully saturated rings. The summed E-state index contributed by atoms with van der Waals surface area (Å²) in [7, 11) is -3.50. The highest BCUT2D eigenvalue weighted by Gasteiger charge is 2.28. The van der Waals surface area contributed by atoms with Gasteiger partial charge >= 0.3 is 0 Å². The van der Waals surface area contributed by atoms with Crippen molar-refractivity contribution < 1.29 is 8.42 Å². The lowest BCUT2D eigenvalue weighted by Crippen LogP contribution is -2.33. The molecule has 0 amide bonds. The van der Waals surface area contributed by atoms with Crippen molar-refractivity contribution in [3.05, 3.63) is 24.3 Å². The van der Waals surface area contributed by atoms with Crippen molar-refractivity contribution in [3.8, 4) is 0 Å². The van der Waals surface area contributed by atoms with E-state index in [1.165, 1.54) is 12.8 Å². The van der Waals surface area contributed by atoms with Crippen LogP contribution in [0.2, 0.25) is 0 Å². The number of anilines is 1. The van der Waals surface area contributed by atoms with Gasteiger partial charge in [0.15, 0.2) is 0 Å². The van der Waals surface area contributed by atoms with Crippen molar-refractivity contribution in [2.24, 2.45) is 11.7 Å². The molecule has 1 unspecified atom stereocenters. The predicted molar refractivity (Wildman–Crippen MR) is 81.1 cm³/mol. The smallest absolute Gasteiger partial charge is 0.242 e. The molecule has 1 atom stereocenters. The molecular weight excluding hydrogens is 274 g/mol. The zero-order chi connectivity index (χ0) is 14.8. The van der Waals surface area contributed by atoms with Crippen LogP contribution < -0.4 is 15.8 Å². The number of hydrogen-bond acceptors (Lipinski definition) is 4. The molecular formula is C14H23N3O2S. The zero-order valence-corrected chi connectivity index (χ0v) is 12.8. The number of nitrogens with one attached hydrogen (secondary N) is 2. The third-order valence-electron chi connectivity index (χ3n) is 3.32. The quantitative estimate of drug-likeness (QED) is 0.712. The number of para-hydroxylation sites is 1. The maximum Gasteiger partial charge on any atom is 0.242 e. The van der Waals surface area contributed by atoms with Crippen LogP contribution in [0, 0.1) is 5.92 Å². The van der Waals surface area contributed by atoms with Crippen LogP contribution in [0.25, 0.3) is 0 Å². The highest BCUT2D eigenvalue weighted by atomic mass is 32.2. The Morgan fingerprint density at radius 1 is 1.30 bits per heavy atom. The molecule has 4 N–H and O–H groups in total. The molecule has 1 saturated carbocycles. The maximum absolute atomic E-state index is 12.3. The van der Waals surface area contributed by atoms with E-state index in [0.717, 1.165) is 0 Å². The van der Waals surface area contributed by atoms with E-state index >= 15 is 0 Å². The van der Waals surface area contributed by atoms with Gasteiger partial charge in [-0.25, -0.2) is 13.1 Å². The second-order valence-corrected chi connectivity index (χ2v) is 7.34. The summed E-state index contributed by atoms with van der Waals surface area (Å²) in [5.41, 5.74) is 6.65. The van der Waals surface area contributed by atoms with Gasteiger partial charge in [0.2, 0.25) is 10.0 Å². The van der Waals surface area contributed by atoms with E-state index in [-0.39, 0.29) is 17.0 Å². The van der Waals surface area contributed by atoms with E-state index < -0.39 is 10.0 Å². The normalized spacial score (nSPS) is 17.2. The molecule has 1 aromatic carbocycles. The minimum Gasteiger partial charge on any atom is -0.382 e. The van der Waals surface area contributed by atoms with Crippen molar-refractivity contribution in [2.75, 3.05) is 11.9 Å². The van der Waals surface area contributed by atoms with E-state index in [1.807, 2.05) is 6.07 Å². The topological polar surface area (TPSA) is 84.2 Å². The number of nitrogens with two attached hydrogens (primary N) is 1. The van der Waals surface area contributed by atoms with Crippen LogP contribution >= 0.6 is 0 Å². The van der Waals surface area contributed by atoms with Crippen LogP contribution in [0.1, 0.15) is 26.7 Å². The average Bonchev–Trinajstić information content (AvgIpc) is 3.19. The van der Waals surface area contributed by atoms with Gasteiger partial charge < -0.3 is 11.1 Å². The minimum absolute atomic E-state index is 0.0869. The molecule has 0 spiro atoms. The fraction of sp³-hybridized carbons (Fsp3) is 0.571. The lowest BCUT2D eigenvalue weighted by molar-refractivity contribution is 0.569. The summed E-state index contributed by atoms with van der Waals surface area (Å²) in [6.45, 7) is 4.20. The van der Waals surface area contributed by atoms with Gasteiger partial charge in [-0.2, -0.15) is 0 Å². The highest BCUT2D eigenvalue weighted by molar-refractivity contribution is 7.89. The fourth-order valence-electron chi connectivity index (χ4n) is 2.14. The van der Waals surface area contributed by atoms with E-state index in [0.29, 0.717) is 18.2 Å². The molecule has 0 heterocycles. The van der Waals surface area contributed by atoms with Gasteiger partial charge in [-0.05, 0) is 44.7 Å². The van der Waals surface area contributed by atoms with Crippen LogP contribution in [-0.2, 0) is 10.0 Å². The number of sulfonamides is 1. The highest BCUT2D eigenvalue weighted by Crippen LogP contribution is 2.31. The molecule has 1 aromatic rings. The molecule has 0 bridgehead atoms. The summed E-state index contributed by atoms with van der Waals surface area (Å²) in [5.74, 6) is 0.583. The Bertz CT molecular complexity index is 553. The maximum atomic E-state index is 12.3. The van der Waals surface area contributed by atoms with Crippen molar-refractivity contribution >= 4 is 15.7 Å². The Kier molecular flexibility index (Phi) is 4.67. The molecule has 2 rings (SSSR count). The van der Waals surface area contributed by atoms with Gasteiger partial charge in [-0.1, -0.05) is 12.1 Å². The second-order valence-electron chi connectivity index (χ2n) is 5.65. The summed E-state index contributed by atoms with van der Waals surface area (Å²) in [5, 5.41) is 3.17. The zero-order valence-electron chi connectivity index (χ0n) is 12.0. The third-order valence-corrected chi connectivity index (χ3v) is 5.04.